The van der Waals surface area contributed by atoms with E-state index in [0.29, 0.717) is 12.5 Å². The zero-order valence-corrected chi connectivity index (χ0v) is 8.60. The molecular formula is C8H13N5O2. The summed E-state index contributed by atoms with van der Waals surface area (Å²) in [5.74, 6) is 0.209. The van der Waals surface area contributed by atoms with E-state index in [4.69, 9.17) is 16.2 Å². The highest BCUT2D eigenvalue weighted by atomic mass is 16.5. The van der Waals surface area contributed by atoms with Crippen molar-refractivity contribution in [2.24, 2.45) is 11.1 Å². The van der Waals surface area contributed by atoms with Crippen molar-refractivity contribution in [2.75, 3.05) is 18.1 Å². The molecule has 0 aliphatic heterocycles. The van der Waals surface area contributed by atoms with E-state index in [-0.39, 0.29) is 23.3 Å². The molecule has 0 radical (unpaired) electrons. The number of rotatable bonds is 4. The van der Waals surface area contributed by atoms with E-state index in [1.54, 1.807) is 0 Å². The molecule has 4 N–H and O–H groups in total. The molecule has 0 unspecified atom stereocenters. The summed E-state index contributed by atoms with van der Waals surface area (Å²) in [4.78, 5) is 17.8. The third kappa shape index (κ3) is 2.76. The van der Waals surface area contributed by atoms with E-state index in [9.17, 15) is 4.91 Å². The number of hydrogen-bond acceptors (Lipinski definition) is 7. The third-order valence-corrected chi connectivity index (χ3v) is 1.54. The number of nitrogens with zero attached hydrogens (tertiary/aromatic N) is 3. The standard InChI is InChI=1S/C8H13N5O2/c1-4(2)3-15-7-5(13-14)6(9)11-8(10)12-7/h4H,3H2,1-2H3,(H4,9,10,11,12). The van der Waals surface area contributed by atoms with Crippen molar-refractivity contribution in [3.63, 3.8) is 0 Å². The fraction of sp³-hybridized carbons (Fsp3) is 0.500. The minimum atomic E-state index is -0.107. The number of ether oxygens (including phenoxy) is 1. The Labute approximate surface area is 86.8 Å². The molecule has 1 rings (SSSR count). The Bertz CT molecular complexity index is 366. The van der Waals surface area contributed by atoms with E-state index in [1.165, 1.54) is 0 Å². The molecule has 1 aromatic rings. The van der Waals surface area contributed by atoms with Crippen LogP contribution in [0.3, 0.4) is 0 Å². The van der Waals surface area contributed by atoms with Crippen molar-refractivity contribution >= 4 is 17.5 Å². The van der Waals surface area contributed by atoms with Gasteiger partial charge in [-0.2, -0.15) is 9.97 Å². The third-order valence-electron chi connectivity index (χ3n) is 1.54. The number of aromatic nitrogens is 2. The summed E-state index contributed by atoms with van der Waals surface area (Å²) >= 11 is 0. The maximum atomic E-state index is 10.5. The van der Waals surface area contributed by atoms with Gasteiger partial charge in [0.15, 0.2) is 5.82 Å². The largest absolute Gasteiger partial charge is 0.476 e. The smallest absolute Gasteiger partial charge is 0.250 e. The summed E-state index contributed by atoms with van der Waals surface area (Å²) in [5, 5.41) is 2.71. The first kappa shape index (κ1) is 11.2. The first-order chi connectivity index (χ1) is 7.04. The predicted molar refractivity (Wildman–Crippen MR) is 56.6 cm³/mol. The van der Waals surface area contributed by atoms with Crippen molar-refractivity contribution in [1.82, 2.24) is 9.97 Å². The van der Waals surface area contributed by atoms with Gasteiger partial charge in [-0.3, -0.25) is 0 Å². The number of nitrogen functional groups attached to an aromatic ring is 2. The predicted octanol–water partition coefficient (Wildman–Crippen LogP) is 1.07. The zero-order chi connectivity index (χ0) is 11.4. The van der Waals surface area contributed by atoms with Gasteiger partial charge in [-0.25, -0.2) is 0 Å². The lowest BCUT2D eigenvalue weighted by Crippen LogP contribution is -2.08. The first-order valence-electron chi connectivity index (χ1n) is 4.43. The van der Waals surface area contributed by atoms with Gasteiger partial charge in [0, 0.05) is 0 Å². The van der Waals surface area contributed by atoms with Gasteiger partial charge >= 0.3 is 0 Å². The van der Waals surface area contributed by atoms with E-state index in [1.807, 2.05) is 13.8 Å². The van der Waals surface area contributed by atoms with Gasteiger partial charge in [0.2, 0.25) is 11.6 Å². The van der Waals surface area contributed by atoms with Crippen LogP contribution in [-0.2, 0) is 0 Å². The molecule has 82 valence electrons. The lowest BCUT2D eigenvalue weighted by Gasteiger charge is -2.09. The second-order valence-corrected chi connectivity index (χ2v) is 3.42. The van der Waals surface area contributed by atoms with Crippen LogP contribution in [0.25, 0.3) is 0 Å². The van der Waals surface area contributed by atoms with Crippen LogP contribution in [0.2, 0.25) is 0 Å². The summed E-state index contributed by atoms with van der Waals surface area (Å²) < 4.78 is 5.25. The lowest BCUT2D eigenvalue weighted by molar-refractivity contribution is 0.262. The maximum Gasteiger partial charge on any atom is 0.250 e. The molecule has 0 bridgehead atoms. The van der Waals surface area contributed by atoms with Crippen LogP contribution in [0, 0.1) is 10.8 Å². The Balaban J connectivity index is 2.98. The fourth-order valence-electron chi connectivity index (χ4n) is 0.900. The highest BCUT2D eigenvalue weighted by Crippen LogP contribution is 2.30. The minimum Gasteiger partial charge on any atom is -0.476 e. The SMILES string of the molecule is CC(C)COc1nc(N)nc(N)c1N=O. The molecule has 0 aromatic carbocycles. The van der Waals surface area contributed by atoms with E-state index < -0.39 is 0 Å². The molecule has 7 nitrogen and oxygen atoms in total. The van der Waals surface area contributed by atoms with Gasteiger partial charge in [-0.15, -0.1) is 4.91 Å². The molecule has 0 spiro atoms. The van der Waals surface area contributed by atoms with Gasteiger partial charge in [0.05, 0.1) is 6.61 Å². The number of nitroso groups, excluding NO2 is 1. The Morgan fingerprint density at radius 3 is 2.60 bits per heavy atom. The Morgan fingerprint density at radius 1 is 1.40 bits per heavy atom. The molecular weight excluding hydrogens is 198 g/mol. The van der Waals surface area contributed by atoms with Crippen LogP contribution in [-0.4, -0.2) is 16.6 Å². The summed E-state index contributed by atoms with van der Waals surface area (Å²) in [7, 11) is 0. The molecule has 1 aromatic heterocycles. The molecule has 0 aliphatic rings. The van der Waals surface area contributed by atoms with Crippen LogP contribution < -0.4 is 16.2 Å². The Kier molecular flexibility index (Phi) is 3.37. The van der Waals surface area contributed by atoms with E-state index in [2.05, 4.69) is 15.1 Å². The van der Waals surface area contributed by atoms with Gasteiger partial charge < -0.3 is 16.2 Å². The van der Waals surface area contributed by atoms with Crippen molar-refractivity contribution < 1.29 is 4.74 Å². The van der Waals surface area contributed by atoms with Gasteiger partial charge in [0.1, 0.15) is 0 Å². The summed E-state index contributed by atoms with van der Waals surface area (Å²) in [6, 6.07) is 0. The van der Waals surface area contributed by atoms with Gasteiger partial charge in [0.25, 0.3) is 5.88 Å². The molecule has 1 heterocycles. The monoisotopic (exact) mass is 211 g/mol. The van der Waals surface area contributed by atoms with Crippen molar-refractivity contribution in [3.05, 3.63) is 4.91 Å². The molecule has 0 amide bonds. The molecule has 0 saturated heterocycles. The van der Waals surface area contributed by atoms with Crippen LogP contribution in [0.5, 0.6) is 5.88 Å². The Morgan fingerprint density at radius 2 is 2.07 bits per heavy atom. The van der Waals surface area contributed by atoms with E-state index in [0.717, 1.165) is 0 Å². The molecule has 7 heteroatoms. The van der Waals surface area contributed by atoms with E-state index >= 15 is 0 Å². The van der Waals surface area contributed by atoms with Crippen LogP contribution in [0.15, 0.2) is 5.18 Å². The molecule has 0 saturated carbocycles. The number of anilines is 2. The number of hydrogen-bond donors (Lipinski definition) is 2. The highest BCUT2D eigenvalue weighted by molar-refractivity contribution is 5.65. The van der Waals surface area contributed by atoms with Crippen molar-refractivity contribution in [1.29, 1.82) is 0 Å². The Hall–Kier alpha value is -1.92. The van der Waals surface area contributed by atoms with Crippen molar-refractivity contribution in [3.8, 4) is 5.88 Å². The van der Waals surface area contributed by atoms with Crippen LogP contribution in [0.4, 0.5) is 17.5 Å². The van der Waals surface area contributed by atoms with Gasteiger partial charge in [-0.1, -0.05) is 13.8 Å². The zero-order valence-electron chi connectivity index (χ0n) is 8.60. The molecule has 0 aliphatic carbocycles. The molecule has 15 heavy (non-hydrogen) atoms. The minimum absolute atomic E-state index is 0.0312. The average molecular weight is 211 g/mol. The topological polar surface area (TPSA) is 116 Å². The normalized spacial score (nSPS) is 10.3. The van der Waals surface area contributed by atoms with Crippen molar-refractivity contribution in [2.45, 2.75) is 13.8 Å². The average Bonchev–Trinajstić information content (AvgIpc) is 2.13. The lowest BCUT2D eigenvalue weighted by atomic mass is 10.2. The summed E-state index contributed by atoms with van der Waals surface area (Å²) in [6.07, 6.45) is 0. The molecule has 0 atom stereocenters. The highest BCUT2D eigenvalue weighted by Gasteiger charge is 2.13. The molecule has 0 fully saturated rings. The maximum absolute atomic E-state index is 10.5. The van der Waals surface area contributed by atoms with Gasteiger partial charge in [-0.05, 0) is 11.1 Å². The summed E-state index contributed by atoms with van der Waals surface area (Å²) in [5.41, 5.74) is 10.7. The second kappa shape index (κ2) is 4.54. The number of nitrogens with two attached hydrogens (primary N) is 2. The summed E-state index contributed by atoms with van der Waals surface area (Å²) in [6.45, 7) is 4.32. The van der Waals surface area contributed by atoms with Crippen LogP contribution >= 0.6 is 0 Å². The fourth-order valence-corrected chi connectivity index (χ4v) is 0.900. The van der Waals surface area contributed by atoms with Crippen LogP contribution in [0.1, 0.15) is 13.8 Å². The second-order valence-electron chi connectivity index (χ2n) is 3.42. The first-order valence-corrected chi connectivity index (χ1v) is 4.43. The quantitative estimate of drug-likeness (QED) is 0.719.